The van der Waals surface area contributed by atoms with Gasteiger partial charge in [0.1, 0.15) is 6.61 Å². The first-order chi connectivity index (χ1) is 15.3. The van der Waals surface area contributed by atoms with Crippen molar-refractivity contribution in [2.75, 3.05) is 12.0 Å². The van der Waals surface area contributed by atoms with Crippen LogP contribution in [0, 0.1) is 17.7 Å². The Morgan fingerprint density at radius 3 is 2.34 bits per heavy atom. The van der Waals surface area contributed by atoms with E-state index in [-0.39, 0.29) is 41.5 Å². The monoisotopic (exact) mass is 441 g/mol. The molecule has 0 unspecified atom stereocenters. The number of methoxy groups -OCH3 is 1. The lowest BCUT2D eigenvalue weighted by Crippen LogP contribution is -2.43. The summed E-state index contributed by atoms with van der Waals surface area (Å²) in [6.07, 6.45) is 3.59. The third-order valence-corrected chi connectivity index (χ3v) is 6.07. The first kappa shape index (κ1) is 23.8. The highest BCUT2D eigenvalue weighted by molar-refractivity contribution is 6.04. The van der Waals surface area contributed by atoms with Gasteiger partial charge in [-0.3, -0.25) is 4.79 Å². The van der Waals surface area contributed by atoms with Crippen molar-refractivity contribution in [3.63, 3.8) is 0 Å². The van der Waals surface area contributed by atoms with E-state index in [1.165, 1.54) is 24.1 Å². The van der Waals surface area contributed by atoms with E-state index in [1.807, 2.05) is 44.2 Å². The molecule has 1 aliphatic rings. The molecule has 5 nitrogen and oxygen atoms in total. The molecule has 1 saturated carbocycles. The molecule has 0 atom stereocenters. The molecule has 2 aromatic carbocycles. The number of carbonyl (C=O) groups is 2. The number of rotatable bonds is 7. The smallest absolute Gasteiger partial charge is 0.340 e. The van der Waals surface area contributed by atoms with E-state index in [0.29, 0.717) is 5.92 Å². The zero-order valence-corrected chi connectivity index (χ0v) is 19.3. The molecule has 3 rings (SSSR count). The zero-order valence-electron chi connectivity index (χ0n) is 19.3. The van der Waals surface area contributed by atoms with Gasteiger partial charge in [0.2, 0.25) is 5.91 Å². The maximum atomic E-state index is 15.1. The van der Waals surface area contributed by atoms with Gasteiger partial charge in [-0.05, 0) is 57.1 Å². The molecule has 0 aromatic heterocycles. The Bertz CT molecular complexity index is 936. The summed E-state index contributed by atoms with van der Waals surface area (Å²) < 4.78 is 25.7. The van der Waals surface area contributed by atoms with Crippen molar-refractivity contribution in [1.82, 2.24) is 0 Å². The van der Waals surface area contributed by atoms with E-state index in [9.17, 15) is 9.59 Å². The lowest BCUT2D eigenvalue weighted by molar-refractivity contribution is -0.123. The van der Waals surface area contributed by atoms with Crippen LogP contribution >= 0.6 is 0 Å². The van der Waals surface area contributed by atoms with E-state index in [4.69, 9.17) is 9.47 Å². The summed E-state index contributed by atoms with van der Waals surface area (Å²) >= 11 is 0. The Kier molecular flexibility index (Phi) is 7.89. The van der Waals surface area contributed by atoms with Gasteiger partial charge < -0.3 is 14.4 Å². The van der Waals surface area contributed by atoms with Gasteiger partial charge in [-0.15, -0.1) is 0 Å². The number of hydrogen-bond donors (Lipinski definition) is 0. The van der Waals surface area contributed by atoms with E-state index in [2.05, 4.69) is 6.92 Å². The van der Waals surface area contributed by atoms with Gasteiger partial charge in [0.15, 0.2) is 11.6 Å². The summed E-state index contributed by atoms with van der Waals surface area (Å²) in [6, 6.07) is 11.7. The largest absolute Gasteiger partial charge is 0.486 e. The normalized spacial score (nSPS) is 18.3. The molecule has 0 radical (unpaired) electrons. The van der Waals surface area contributed by atoms with Crippen LogP contribution in [0.3, 0.4) is 0 Å². The standard InChI is InChI=1S/C26H32FNO4/c1-17(2)28(25(29)20-12-10-18(3)11-13-20)23-15-22(27)24(14-21(23)26(30)31-4)32-16-19-8-6-5-7-9-19/h5-9,14-15,17-18,20H,10-13,16H2,1-4H3. The maximum absolute atomic E-state index is 15.1. The minimum absolute atomic E-state index is 0.0550. The highest BCUT2D eigenvalue weighted by atomic mass is 19.1. The van der Waals surface area contributed by atoms with E-state index >= 15 is 4.39 Å². The summed E-state index contributed by atoms with van der Waals surface area (Å²) in [5, 5.41) is 0. The molecule has 0 bridgehead atoms. The molecule has 0 spiro atoms. The van der Waals surface area contributed by atoms with Gasteiger partial charge in [-0.1, -0.05) is 37.3 Å². The lowest BCUT2D eigenvalue weighted by atomic mass is 9.82. The molecule has 2 aromatic rings. The second kappa shape index (κ2) is 10.6. The van der Waals surface area contributed by atoms with E-state index in [1.54, 1.807) is 0 Å². The second-order valence-electron chi connectivity index (χ2n) is 8.82. The number of amides is 1. The first-order valence-corrected chi connectivity index (χ1v) is 11.2. The average Bonchev–Trinajstić information content (AvgIpc) is 2.79. The van der Waals surface area contributed by atoms with Gasteiger partial charge in [0, 0.05) is 18.0 Å². The highest BCUT2D eigenvalue weighted by Gasteiger charge is 2.33. The highest BCUT2D eigenvalue weighted by Crippen LogP contribution is 2.35. The molecule has 1 fully saturated rings. The van der Waals surface area contributed by atoms with Gasteiger partial charge in [0.25, 0.3) is 0 Å². The van der Waals surface area contributed by atoms with Crippen LogP contribution < -0.4 is 9.64 Å². The Balaban J connectivity index is 1.94. The number of halogens is 1. The van der Waals surface area contributed by atoms with Crippen LogP contribution in [0.2, 0.25) is 0 Å². The Morgan fingerprint density at radius 1 is 1.09 bits per heavy atom. The molecule has 6 heteroatoms. The predicted octanol–water partition coefficient (Wildman–Crippen LogP) is 5.76. The molecule has 0 aliphatic heterocycles. The summed E-state index contributed by atoms with van der Waals surface area (Å²) in [5.74, 6) is -0.915. The van der Waals surface area contributed by atoms with Crippen molar-refractivity contribution in [3.8, 4) is 5.75 Å². The van der Waals surface area contributed by atoms with E-state index < -0.39 is 11.8 Å². The minimum Gasteiger partial charge on any atom is -0.486 e. The predicted molar refractivity (Wildman–Crippen MR) is 122 cm³/mol. The van der Waals surface area contributed by atoms with Crippen molar-refractivity contribution in [2.45, 2.75) is 59.1 Å². The number of nitrogens with zero attached hydrogens (tertiary/aromatic N) is 1. The summed E-state index contributed by atoms with van der Waals surface area (Å²) in [6.45, 7) is 6.08. The molecular weight excluding hydrogens is 409 g/mol. The number of ether oxygens (including phenoxy) is 2. The molecule has 0 N–H and O–H groups in total. The fourth-order valence-corrected chi connectivity index (χ4v) is 4.22. The third-order valence-electron chi connectivity index (χ3n) is 6.07. The molecule has 172 valence electrons. The average molecular weight is 442 g/mol. The molecule has 1 amide bonds. The van der Waals surface area contributed by atoms with Crippen molar-refractivity contribution in [2.24, 2.45) is 11.8 Å². The lowest BCUT2D eigenvalue weighted by Gasteiger charge is -2.34. The van der Waals surface area contributed by atoms with Gasteiger partial charge in [0.05, 0.1) is 18.4 Å². The number of hydrogen-bond acceptors (Lipinski definition) is 4. The molecule has 0 heterocycles. The van der Waals surface area contributed by atoms with Crippen molar-refractivity contribution < 1.29 is 23.5 Å². The molecule has 0 saturated heterocycles. The topological polar surface area (TPSA) is 55.8 Å². The van der Waals surface area contributed by atoms with Crippen molar-refractivity contribution >= 4 is 17.6 Å². The fourth-order valence-electron chi connectivity index (χ4n) is 4.22. The van der Waals surface area contributed by atoms with Crippen LogP contribution in [0.15, 0.2) is 42.5 Å². The first-order valence-electron chi connectivity index (χ1n) is 11.2. The summed E-state index contributed by atoms with van der Waals surface area (Å²) in [5.41, 5.74) is 1.21. The molecule has 1 aliphatic carbocycles. The number of carbonyl (C=O) groups excluding carboxylic acids is 2. The summed E-state index contributed by atoms with van der Waals surface area (Å²) in [7, 11) is 1.27. The number of anilines is 1. The quantitative estimate of drug-likeness (QED) is 0.513. The second-order valence-corrected chi connectivity index (χ2v) is 8.82. The molecule has 32 heavy (non-hydrogen) atoms. The van der Waals surface area contributed by atoms with Crippen LogP contribution in [0.4, 0.5) is 10.1 Å². The van der Waals surface area contributed by atoms with E-state index in [0.717, 1.165) is 31.2 Å². The van der Waals surface area contributed by atoms with Crippen molar-refractivity contribution in [1.29, 1.82) is 0 Å². The van der Waals surface area contributed by atoms with Crippen LogP contribution in [0.25, 0.3) is 0 Å². The zero-order chi connectivity index (χ0) is 23.3. The van der Waals surface area contributed by atoms with Crippen LogP contribution in [0.1, 0.15) is 62.4 Å². The number of esters is 1. The van der Waals surface area contributed by atoms with Gasteiger partial charge in [-0.2, -0.15) is 0 Å². The SMILES string of the molecule is COC(=O)c1cc(OCc2ccccc2)c(F)cc1N(C(=O)C1CCC(C)CC1)C(C)C. The summed E-state index contributed by atoms with van der Waals surface area (Å²) in [4.78, 5) is 27.6. The van der Waals surface area contributed by atoms with Crippen LogP contribution in [0.5, 0.6) is 5.75 Å². The fraction of sp³-hybridized carbons (Fsp3) is 0.462. The van der Waals surface area contributed by atoms with Crippen LogP contribution in [-0.4, -0.2) is 25.0 Å². The number of benzene rings is 2. The third kappa shape index (κ3) is 5.47. The van der Waals surface area contributed by atoms with Gasteiger partial charge in [-0.25, -0.2) is 9.18 Å². The maximum Gasteiger partial charge on any atom is 0.340 e. The Hall–Kier alpha value is -2.89. The molecular formula is C26H32FNO4. The Labute approximate surface area is 189 Å². The van der Waals surface area contributed by atoms with Gasteiger partial charge >= 0.3 is 5.97 Å². The Morgan fingerprint density at radius 2 is 1.75 bits per heavy atom. The van der Waals surface area contributed by atoms with Crippen LogP contribution in [-0.2, 0) is 16.1 Å². The minimum atomic E-state index is -0.639. The van der Waals surface area contributed by atoms with Crippen molar-refractivity contribution in [3.05, 3.63) is 59.4 Å².